The van der Waals surface area contributed by atoms with Gasteiger partial charge in [-0.2, -0.15) is 0 Å². The highest BCUT2D eigenvalue weighted by Gasteiger charge is 2.21. The van der Waals surface area contributed by atoms with Gasteiger partial charge in [0.15, 0.2) is 11.5 Å². The Balaban J connectivity index is 2.10. The third kappa shape index (κ3) is 4.27. The number of amides is 2. The molecule has 2 amide bonds. The first-order chi connectivity index (χ1) is 11.1. The van der Waals surface area contributed by atoms with E-state index < -0.39 is 11.9 Å². The normalized spacial score (nSPS) is 16.4. The molecule has 1 saturated heterocycles. The number of halogens is 1. The number of benzene rings is 1. The maximum Gasteiger partial charge on any atom is 0.317 e. The summed E-state index contributed by atoms with van der Waals surface area (Å²) in [6, 6.07) is 2.25. The molecule has 1 aromatic rings. The summed E-state index contributed by atoms with van der Waals surface area (Å²) in [7, 11) is 2.96. The highest BCUT2D eigenvalue weighted by atomic mass is 19.1. The molecule has 1 aromatic carbocycles. The molecule has 1 fully saturated rings. The summed E-state index contributed by atoms with van der Waals surface area (Å²) >= 11 is 0. The minimum atomic E-state index is -0.453. The van der Waals surface area contributed by atoms with Crippen LogP contribution in [0.3, 0.4) is 0 Å². The van der Waals surface area contributed by atoms with Gasteiger partial charge in [-0.25, -0.2) is 9.18 Å². The fourth-order valence-electron chi connectivity index (χ4n) is 2.83. The van der Waals surface area contributed by atoms with E-state index in [9.17, 15) is 9.18 Å². The van der Waals surface area contributed by atoms with Crippen molar-refractivity contribution >= 4 is 6.03 Å². The first kappa shape index (κ1) is 17.4. The number of nitrogens with one attached hydrogen (secondary N) is 1. The zero-order valence-corrected chi connectivity index (χ0v) is 14.0. The number of rotatable bonds is 4. The minimum Gasteiger partial charge on any atom is -0.493 e. The standard InChI is InChI=1S/C17H25FN2O3/c1-12(19-17(21)20-8-6-4-5-7-9-20)13-10-15(22-2)16(23-3)11-14(13)18/h10-12H,4-9H2,1-3H3,(H,19,21). The van der Waals surface area contributed by atoms with Crippen LogP contribution in [0.5, 0.6) is 11.5 Å². The van der Waals surface area contributed by atoms with Crippen molar-refractivity contribution in [2.45, 2.75) is 38.6 Å². The van der Waals surface area contributed by atoms with Crippen LogP contribution in [0.2, 0.25) is 0 Å². The highest BCUT2D eigenvalue weighted by Crippen LogP contribution is 2.32. The minimum absolute atomic E-state index is 0.145. The van der Waals surface area contributed by atoms with Gasteiger partial charge in [-0.3, -0.25) is 0 Å². The lowest BCUT2D eigenvalue weighted by Gasteiger charge is -2.24. The Hall–Kier alpha value is -1.98. The van der Waals surface area contributed by atoms with Gasteiger partial charge in [0, 0.05) is 24.7 Å². The lowest BCUT2D eigenvalue weighted by molar-refractivity contribution is 0.196. The quantitative estimate of drug-likeness (QED) is 0.922. The Morgan fingerprint density at radius 3 is 2.26 bits per heavy atom. The molecular weight excluding hydrogens is 299 g/mol. The molecule has 23 heavy (non-hydrogen) atoms. The second kappa shape index (κ2) is 8.04. The fourth-order valence-corrected chi connectivity index (χ4v) is 2.83. The van der Waals surface area contributed by atoms with Crippen LogP contribution in [-0.4, -0.2) is 38.2 Å². The van der Waals surface area contributed by atoms with Crippen molar-refractivity contribution in [1.29, 1.82) is 0 Å². The van der Waals surface area contributed by atoms with Crippen LogP contribution < -0.4 is 14.8 Å². The van der Waals surface area contributed by atoms with E-state index in [4.69, 9.17) is 9.47 Å². The molecule has 0 spiro atoms. The van der Waals surface area contributed by atoms with Gasteiger partial charge >= 0.3 is 6.03 Å². The van der Waals surface area contributed by atoms with E-state index in [1.807, 2.05) is 4.90 Å². The zero-order chi connectivity index (χ0) is 16.8. The summed E-state index contributed by atoms with van der Waals surface area (Å²) < 4.78 is 24.5. The average Bonchev–Trinajstić information content (AvgIpc) is 2.83. The number of hydrogen-bond donors (Lipinski definition) is 1. The van der Waals surface area contributed by atoms with E-state index >= 15 is 0 Å². The number of carbonyl (C=O) groups excluding carboxylic acids is 1. The molecule has 0 aliphatic carbocycles. The van der Waals surface area contributed by atoms with Crippen LogP contribution in [-0.2, 0) is 0 Å². The molecule has 0 saturated carbocycles. The van der Waals surface area contributed by atoms with Crippen molar-refractivity contribution in [2.75, 3.05) is 27.3 Å². The molecule has 5 nitrogen and oxygen atoms in total. The van der Waals surface area contributed by atoms with Gasteiger partial charge in [-0.05, 0) is 25.8 Å². The molecule has 1 N–H and O–H groups in total. The van der Waals surface area contributed by atoms with Crippen molar-refractivity contribution in [2.24, 2.45) is 0 Å². The third-order valence-corrected chi connectivity index (χ3v) is 4.20. The summed E-state index contributed by atoms with van der Waals surface area (Å²) in [5, 5.41) is 2.87. The Kier molecular flexibility index (Phi) is 6.07. The molecule has 1 aliphatic rings. The highest BCUT2D eigenvalue weighted by molar-refractivity contribution is 5.74. The molecule has 1 aliphatic heterocycles. The van der Waals surface area contributed by atoms with Gasteiger partial charge in [0.1, 0.15) is 5.82 Å². The maximum absolute atomic E-state index is 14.3. The Morgan fingerprint density at radius 1 is 1.13 bits per heavy atom. The fraction of sp³-hybridized carbons (Fsp3) is 0.588. The van der Waals surface area contributed by atoms with E-state index in [-0.39, 0.29) is 6.03 Å². The summed E-state index contributed by atoms with van der Waals surface area (Å²) in [5.41, 5.74) is 0.380. The number of hydrogen-bond acceptors (Lipinski definition) is 3. The Bertz CT molecular complexity index is 543. The number of carbonyl (C=O) groups is 1. The van der Waals surface area contributed by atoms with E-state index in [0.717, 1.165) is 38.8 Å². The summed E-state index contributed by atoms with van der Waals surface area (Å²) in [4.78, 5) is 14.2. The monoisotopic (exact) mass is 324 g/mol. The SMILES string of the molecule is COc1cc(F)c(C(C)NC(=O)N2CCCCCC2)cc1OC. The Morgan fingerprint density at radius 2 is 1.70 bits per heavy atom. The van der Waals surface area contributed by atoms with Crippen LogP contribution in [0.1, 0.15) is 44.2 Å². The maximum atomic E-state index is 14.3. The van der Waals surface area contributed by atoms with Gasteiger partial charge in [-0.1, -0.05) is 12.8 Å². The predicted octanol–water partition coefficient (Wildman–Crippen LogP) is 3.49. The van der Waals surface area contributed by atoms with Crippen molar-refractivity contribution < 1.29 is 18.7 Å². The average molecular weight is 324 g/mol. The molecule has 128 valence electrons. The first-order valence-electron chi connectivity index (χ1n) is 8.03. The van der Waals surface area contributed by atoms with E-state index in [1.165, 1.54) is 20.3 Å². The molecule has 0 bridgehead atoms. The summed E-state index contributed by atoms with van der Waals surface area (Å²) in [5.74, 6) is 0.353. The molecule has 1 heterocycles. The van der Waals surface area contributed by atoms with E-state index in [1.54, 1.807) is 13.0 Å². The second-order valence-corrected chi connectivity index (χ2v) is 5.80. The topological polar surface area (TPSA) is 50.8 Å². The third-order valence-electron chi connectivity index (χ3n) is 4.20. The molecule has 1 atom stereocenters. The second-order valence-electron chi connectivity index (χ2n) is 5.80. The van der Waals surface area contributed by atoms with Gasteiger partial charge in [-0.15, -0.1) is 0 Å². The smallest absolute Gasteiger partial charge is 0.317 e. The van der Waals surface area contributed by atoms with Crippen molar-refractivity contribution in [3.63, 3.8) is 0 Å². The van der Waals surface area contributed by atoms with E-state index in [2.05, 4.69) is 5.32 Å². The number of methoxy groups -OCH3 is 2. The molecule has 6 heteroatoms. The van der Waals surface area contributed by atoms with Gasteiger partial charge in [0.25, 0.3) is 0 Å². The van der Waals surface area contributed by atoms with Crippen molar-refractivity contribution in [3.05, 3.63) is 23.5 Å². The summed E-state index contributed by atoms with van der Waals surface area (Å²) in [6.07, 6.45) is 4.35. The number of urea groups is 1. The number of ether oxygens (including phenoxy) is 2. The number of likely N-dealkylation sites (tertiary alicyclic amines) is 1. The predicted molar refractivity (Wildman–Crippen MR) is 86.5 cm³/mol. The molecule has 0 aromatic heterocycles. The van der Waals surface area contributed by atoms with Crippen LogP contribution in [0.15, 0.2) is 12.1 Å². The molecule has 1 unspecified atom stereocenters. The van der Waals surface area contributed by atoms with Crippen LogP contribution in [0, 0.1) is 5.82 Å². The molecular formula is C17H25FN2O3. The molecule has 0 radical (unpaired) electrons. The lowest BCUT2D eigenvalue weighted by atomic mass is 10.1. The van der Waals surface area contributed by atoms with Gasteiger partial charge in [0.2, 0.25) is 0 Å². The van der Waals surface area contributed by atoms with Crippen molar-refractivity contribution in [3.8, 4) is 11.5 Å². The van der Waals surface area contributed by atoms with Crippen LogP contribution >= 0.6 is 0 Å². The van der Waals surface area contributed by atoms with E-state index in [0.29, 0.717) is 17.1 Å². The first-order valence-corrected chi connectivity index (χ1v) is 8.03. The summed E-state index contributed by atoms with van der Waals surface area (Å²) in [6.45, 7) is 3.28. The van der Waals surface area contributed by atoms with Crippen LogP contribution in [0.25, 0.3) is 0 Å². The van der Waals surface area contributed by atoms with Crippen LogP contribution in [0.4, 0.5) is 9.18 Å². The van der Waals surface area contributed by atoms with Gasteiger partial charge < -0.3 is 19.7 Å². The molecule has 2 rings (SSSR count). The zero-order valence-electron chi connectivity index (χ0n) is 14.0. The lowest BCUT2D eigenvalue weighted by Crippen LogP contribution is -2.41. The van der Waals surface area contributed by atoms with Gasteiger partial charge in [0.05, 0.1) is 20.3 Å². The Labute approximate surface area is 136 Å². The number of nitrogens with zero attached hydrogens (tertiary/aromatic N) is 1. The largest absolute Gasteiger partial charge is 0.493 e. The van der Waals surface area contributed by atoms with Crippen molar-refractivity contribution in [1.82, 2.24) is 10.2 Å².